The molecule has 0 saturated carbocycles. The molecule has 154 valence electrons. The number of thioether (sulfide) groups is 1. The predicted molar refractivity (Wildman–Crippen MR) is 122 cm³/mol. The summed E-state index contributed by atoms with van der Waals surface area (Å²) in [6.07, 6.45) is 3.40. The standard InChI is InChI=1S/C19H18N6O2S3/c1-28-16-5-3-14(30(20,26)27)6-12(16)9-21-18-8-19(23-10-22-18)25-13-2-4-15-17(7-13)29-11-24-15/h2-8,10-11H,9H2,1H3,(H2,20,26,27)(H2,21,22,23,25). The Morgan fingerprint density at radius 1 is 1.07 bits per heavy atom. The highest BCUT2D eigenvalue weighted by atomic mass is 32.2. The van der Waals surface area contributed by atoms with Gasteiger partial charge in [0.15, 0.2) is 0 Å². The van der Waals surface area contributed by atoms with Gasteiger partial charge in [-0.15, -0.1) is 23.1 Å². The van der Waals surface area contributed by atoms with E-state index >= 15 is 0 Å². The molecule has 2 aromatic heterocycles. The highest BCUT2D eigenvalue weighted by Gasteiger charge is 2.12. The van der Waals surface area contributed by atoms with Crippen molar-refractivity contribution >= 4 is 60.7 Å². The van der Waals surface area contributed by atoms with Crippen LogP contribution >= 0.6 is 23.1 Å². The number of nitrogens with zero attached hydrogens (tertiary/aromatic N) is 3. The first-order chi connectivity index (χ1) is 14.4. The van der Waals surface area contributed by atoms with E-state index < -0.39 is 10.0 Å². The van der Waals surface area contributed by atoms with Gasteiger partial charge in [-0.05, 0) is 48.2 Å². The lowest BCUT2D eigenvalue weighted by Gasteiger charge is -2.12. The van der Waals surface area contributed by atoms with Crippen molar-refractivity contribution in [3.8, 4) is 0 Å². The quantitative estimate of drug-likeness (QED) is 0.357. The zero-order chi connectivity index (χ0) is 21.1. The molecule has 0 amide bonds. The van der Waals surface area contributed by atoms with E-state index in [1.807, 2.05) is 30.0 Å². The number of anilines is 3. The number of nitrogens with two attached hydrogens (primary N) is 1. The van der Waals surface area contributed by atoms with Gasteiger partial charge < -0.3 is 10.6 Å². The summed E-state index contributed by atoms with van der Waals surface area (Å²) in [6, 6.07) is 12.6. The number of hydrogen-bond acceptors (Lipinski definition) is 9. The van der Waals surface area contributed by atoms with Gasteiger partial charge in [-0.25, -0.2) is 28.5 Å². The molecule has 0 spiro atoms. The molecule has 0 bridgehead atoms. The summed E-state index contributed by atoms with van der Waals surface area (Å²) in [5.74, 6) is 1.25. The largest absolute Gasteiger partial charge is 0.366 e. The molecule has 0 aliphatic heterocycles. The fourth-order valence-electron chi connectivity index (χ4n) is 2.86. The molecule has 4 rings (SSSR count). The molecule has 0 unspecified atom stereocenters. The maximum absolute atomic E-state index is 11.7. The summed E-state index contributed by atoms with van der Waals surface area (Å²) >= 11 is 3.11. The van der Waals surface area contributed by atoms with Crippen LogP contribution in [0, 0.1) is 0 Å². The average Bonchev–Trinajstić information content (AvgIpc) is 3.19. The van der Waals surface area contributed by atoms with E-state index in [-0.39, 0.29) is 4.90 Å². The van der Waals surface area contributed by atoms with E-state index in [0.29, 0.717) is 18.2 Å². The number of fused-ring (bicyclic) bond motifs is 1. The van der Waals surface area contributed by atoms with Crippen molar-refractivity contribution in [1.29, 1.82) is 0 Å². The summed E-state index contributed by atoms with van der Waals surface area (Å²) < 4.78 is 24.4. The van der Waals surface area contributed by atoms with Gasteiger partial charge >= 0.3 is 0 Å². The van der Waals surface area contributed by atoms with E-state index in [4.69, 9.17) is 5.14 Å². The lowest BCUT2D eigenvalue weighted by molar-refractivity contribution is 0.597. The first kappa shape index (κ1) is 20.5. The van der Waals surface area contributed by atoms with Crippen molar-refractivity contribution in [2.24, 2.45) is 5.14 Å². The number of aromatic nitrogens is 3. The van der Waals surface area contributed by atoms with E-state index in [0.717, 1.165) is 26.4 Å². The predicted octanol–water partition coefficient (Wildman–Crippen LogP) is 3.81. The van der Waals surface area contributed by atoms with Gasteiger partial charge in [0.1, 0.15) is 18.0 Å². The van der Waals surface area contributed by atoms with Crippen LogP contribution < -0.4 is 15.8 Å². The second-order valence-corrected chi connectivity index (χ2v) is 9.62. The Morgan fingerprint density at radius 2 is 1.90 bits per heavy atom. The third-order valence-corrected chi connectivity index (χ3v) is 6.85. The molecule has 0 aliphatic carbocycles. The van der Waals surface area contributed by atoms with E-state index in [1.165, 1.54) is 24.2 Å². The number of nitrogens with one attached hydrogen (secondary N) is 2. The normalized spacial score (nSPS) is 11.5. The molecule has 0 aliphatic rings. The zero-order valence-electron chi connectivity index (χ0n) is 15.9. The second kappa shape index (κ2) is 8.56. The molecule has 4 aromatic rings. The van der Waals surface area contributed by atoms with Gasteiger partial charge in [0.2, 0.25) is 10.0 Å². The molecule has 4 N–H and O–H groups in total. The average molecular weight is 459 g/mol. The number of hydrogen-bond donors (Lipinski definition) is 3. The Balaban J connectivity index is 1.51. The van der Waals surface area contributed by atoms with Gasteiger partial charge in [-0.3, -0.25) is 0 Å². The lowest BCUT2D eigenvalue weighted by atomic mass is 10.2. The van der Waals surface area contributed by atoms with Crippen LogP contribution in [0.5, 0.6) is 0 Å². The monoisotopic (exact) mass is 458 g/mol. The van der Waals surface area contributed by atoms with Gasteiger partial charge in [0.05, 0.1) is 20.6 Å². The summed E-state index contributed by atoms with van der Waals surface area (Å²) in [4.78, 5) is 13.8. The highest BCUT2D eigenvalue weighted by Crippen LogP contribution is 2.26. The Kier molecular flexibility index (Phi) is 5.86. The third kappa shape index (κ3) is 4.70. The maximum Gasteiger partial charge on any atom is 0.238 e. The van der Waals surface area contributed by atoms with E-state index in [1.54, 1.807) is 29.5 Å². The first-order valence-corrected chi connectivity index (χ1v) is 12.4. The SMILES string of the molecule is CSc1ccc(S(N)(=O)=O)cc1CNc1cc(Nc2ccc3ncsc3c2)ncn1. The topological polar surface area (TPSA) is 123 Å². The third-order valence-electron chi connectivity index (χ3n) is 4.31. The van der Waals surface area contributed by atoms with Crippen molar-refractivity contribution in [1.82, 2.24) is 15.0 Å². The molecule has 2 heterocycles. The van der Waals surface area contributed by atoms with Gasteiger partial charge in [0, 0.05) is 23.2 Å². The molecule has 8 nitrogen and oxygen atoms in total. The van der Waals surface area contributed by atoms with Crippen LogP contribution in [0.4, 0.5) is 17.3 Å². The number of thiazole rings is 1. The van der Waals surface area contributed by atoms with Crippen molar-refractivity contribution in [2.45, 2.75) is 16.3 Å². The van der Waals surface area contributed by atoms with Gasteiger partial charge in [-0.2, -0.15) is 0 Å². The Morgan fingerprint density at radius 3 is 2.70 bits per heavy atom. The fraction of sp³-hybridized carbons (Fsp3) is 0.105. The van der Waals surface area contributed by atoms with Crippen molar-refractivity contribution in [2.75, 3.05) is 16.9 Å². The smallest absolute Gasteiger partial charge is 0.238 e. The van der Waals surface area contributed by atoms with Crippen LogP contribution in [0.2, 0.25) is 0 Å². The number of rotatable bonds is 7. The molecule has 0 radical (unpaired) electrons. The minimum Gasteiger partial charge on any atom is -0.366 e. The Labute approximate surface area is 182 Å². The minimum absolute atomic E-state index is 0.0839. The van der Waals surface area contributed by atoms with Gasteiger partial charge in [-0.1, -0.05) is 0 Å². The number of primary sulfonamides is 1. The molecular weight excluding hydrogens is 440 g/mol. The van der Waals surface area contributed by atoms with Crippen LogP contribution in [0.15, 0.2) is 64.1 Å². The summed E-state index contributed by atoms with van der Waals surface area (Å²) in [6.45, 7) is 0.392. The highest BCUT2D eigenvalue weighted by molar-refractivity contribution is 7.98. The minimum atomic E-state index is -3.76. The van der Waals surface area contributed by atoms with Crippen molar-refractivity contribution < 1.29 is 8.42 Å². The lowest BCUT2D eigenvalue weighted by Crippen LogP contribution is -2.13. The zero-order valence-corrected chi connectivity index (χ0v) is 18.3. The first-order valence-electron chi connectivity index (χ1n) is 8.78. The van der Waals surface area contributed by atoms with Gasteiger partial charge in [0.25, 0.3) is 0 Å². The molecular formula is C19H18N6O2S3. The van der Waals surface area contributed by atoms with Crippen LogP contribution in [-0.4, -0.2) is 29.6 Å². The van der Waals surface area contributed by atoms with Crippen LogP contribution in [0.1, 0.15) is 5.56 Å². The Hall–Kier alpha value is -2.73. The summed E-state index contributed by atoms with van der Waals surface area (Å²) in [7, 11) is -3.76. The van der Waals surface area contributed by atoms with Crippen LogP contribution in [0.3, 0.4) is 0 Å². The van der Waals surface area contributed by atoms with Crippen LogP contribution in [-0.2, 0) is 16.6 Å². The number of benzene rings is 2. The van der Waals surface area contributed by atoms with Crippen LogP contribution in [0.25, 0.3) is 10.2 Å². The Bertz CT molecular complexity index is 1310. The fourth-order valence-corrected chi connectivity index (χ4v) is 4.74. The summed E-state index contributed by atoms with van der Waals surface area (Å²) in [5.41, 5.74) is 4.50. The molecule has 0 atom stereocenters. The molecule has 11 heteroatoms. The van der Waals surface area contributed by atoms with Crippen molar-refractivity contribution in [3.63, 3.8) is 0 Å². The van der Waals surface area contributed by atoms with E-state index in [2.05, 4.69) is 25.6 Å². The number of sulfonamides is 1. The molecule has 30 heavy (non-hydrogen) atoms. The molecule has 0 fully saturated rings. The summed E-state index contributed by atoms with van der Waals surface area (Å²) in [5, 5.41) is 11.7. The molecule has 0 saturated heterocycles. The van der Waals surface area contributed by atoms with E-state index in [9.17, 15) is 8.42 Å². The van der Waals surface area contributed by atoms with Crippen molar-refractivity contribution in [3.05, 3.63) is 59.9 Å². The second-order valence-electron chi connectivity index (χ2n) is 6.32. The molecule has 2 aromatic carbocycles. The maximum atomic E-state index is 11.7.